The van der Waals surface area contributed by atoms with Crippen LogP contribution >= 0.6 is 0 Å². The van der Waals surface area contributed by atoms with Crippen molar-refractivity contribution in [3.8, 4) is 5.69 Å². The summed E-state index contributed by atoms with van der Waals surface area (Å²) in [7, 11) is -3.23. The predicted molar refractivity (Wildman–Crippen MR) is 84.7 cm³/mol. The van der Waals surface area contributed by atoms with Gasteiger partial charge in [-0.2, -0.15) is 0 Å². The number of hydrogen-bond acceptors (Lipinski definition) is 4. The summed E-state index contributed by atoms with van der Waals surface area (Å²) in [6.07, 6.45) is 12.0. The van der Waals surface area contributed by atoms with Crippen molar-refractivity contribution in [3.63, 3.8) is 0 Å². The molecule has 0 N–H and O–H groups in total. The van der Waals surface area contributed by atoms with Gasteiger partial charge in [-0.1, -0.05) is 43.4 Å². The lowest BCUT2D eigenvalue weighted by Gasteiger charge is -2.22. The molecule has 0 amide bonds. The van der Waals surface area contributed by atoms with Crippen LogP contribution in [0.5, 0.6) is 0 Å². The smallest absolute Gasteiger partial charge is 0.175 e. The standard InChI is InChI=1S/C16H21N3O2S/c1-22(20,21)15-8-7-14(11-13-5-3-2-4-6-13)16(12-15)19-10-9-17-18-19/h7-10,12-13H,2-6,11H2,1H3. The lowest BCUT2D eigenvalue weighted by molar-refractivity contribution is 0.356. The molecule has 3 rings (SSSR count). The van der Waals surface area contributed by atoms with Crippen LogP contribution in [0.3, 0.4) is 0 Å². The lowest BCUT2D eigenvalue weighted by Crippen LogP contribution is -2.12. The second kappa shape index (κ2) is 6.20. The van der Waals surface area contributed by atoms with Crippen molar-refractivity contribution in [3.05, 3.63) is 36.2 Å². The van der Waals surface area contributed by atoms with E-state index in [-0.39, 0.29) is 0 Å². The Balaban J connectivity index is 1.98. The van der Waals surface area contributed by atoms with E-state index < -0.39 is 9.84 Å². The van der Waals surface area contributed by atoms with E-state index in [0.717, 1.165) is 17.7 Å². The highest BCUT2D eigenvalue weighted by atomic mass is 32.2. The van der Waals surface area contributed by atoms with Gasteiger partial charge in [0.2, 0.25) is 0 Å². The molecule has 0 saturated heterocycles. The van der Waals surface area contributed by atoms with E-state index in [9.17, 15) is 8.42 Å². The Bertz CT molecular complexity index is 733. The Morgan fingerprint density at radius 2 is 2.00 bits per heavy atom. The summed E-state index contributed by atoms with van der Waals surface area (Å²) in [5, 5.41) is 7.88. The minimum atomic E-state index is -3.23. The Kier molecular flexibility index (Phi) is 4.29. The maximum Gasteiger partial charge on any atom is 0.175 e. The van der Waals surface area contributed by atoms with E-state index in [4.69, 9.17) is 0 Å². The topological polar surface area (TPSA) is 64.8 Å². The van der Waals surface area contributed by atoms with Crippen LogP contribution in [0.15, 0.2) is 35.5 Å². The van der Waals surface area contributed by atoms with Crippen molar-refractivity contribution >= 4 is 9.84 Å². The second-order valence-electron chi connectivity index (χ2n) is 6.12. The summed E-state index contributed by atoms with van der Waals surface area (Å²) < 4.78 is 25.3. The number of benzene rings is 1. The fourth-order valence-corrected chi connectivity index (χ4v) is 3.84. The van der Waals surface area contributed by atoms with Gasteiger partial charge < -0.3 is 0 Å². The van der Waals surface area contributed by atoms with Crippen LogP contribution in [0, 0.1) is 5.92 Å². The van der Waals surface area contributed by atoms with Crippen LogP contribution < -0.4 is 0 Å². The Hall–Kier alpha value is -1.69. The molecule has 1 fully saturated rings. The zero-order chi connectivity index (χ0) is 15.6. The fraction of sp³-hybridized carbons (Fsp3) is 0.500. The van der Waals surface area contributed by atoms with Crippen molar-refractivity contribution in [1.29, 1.82) is 0 Å². The summed E-state index contributed by atoms with van der Waals surface area (Å²) >= 11 is 0. The highest BCUT2D eigenvalue weighted by Crippen LogP contribution is 2.29. The van der Waals surface area contributed by atoms with Gasteiger partial charge in [-0.3, -0.25) is 0 Å². The number of sulfone groups is 1. The molecular weight excluding hydrogens is 298 g/mol. The minimum Gasteiger partial charge on any atom is -0.224 e. The zero-order valence-electron chi connectivity index (χ0n) is 12.8. The third-order valence-corrected chi connectivity index (χ3v) is 5.50. The molecule has 5 nitrogen and oxygen atoms in total. The zero-order valence-corrected chi connectivity index (χ0v) is 13.6. The molecule has 0 radical (unpaired) electrons. The highest BCUT2D eigenvalue weighted by Gasteiger charge is 2.18. The molecule has 2 aromatic rings. The molecule has 22 heavy (non-hydrogen) atoms. The maximum atomic E-state index is 11.8. The van der Waals surface area contributed by atoms with Gasteiger partial charge in [0, 0.05) is 6.26 Å². The third-order valence-electron chi connectivity index (χ3n) is 4.39. The number of aromatic nitrogens is 3. The fourth-order valence-electron chi connectivity index (χ4n) is 3.20. The molecule has 118 valence electrons. The second-order valence-corrected chi connectivity index (χ2v) is 8.13. The molecule has 0 aliphatic heterocycles. The van der Waals surface area contributed by atoms with Crippen molar-refractivity contribution in [2.24, 2.45) is 5.92 Å². The van der Waals surface area contributed by atoms with Crippen LogP contribution in [0.1, 0.15) is 37.7 Å². The van der Waals surface area contributed by atoms with E-state index in [0.29, 0.717) is 10.8 Å². The van der Waals surface area contributed by atoms with Crippen molar-refractivity contribution in [1.82, 2.24) is 15.0 Å². The molecule has 0 unspecified atom stereocenters. The average molecular weight is 319 g/mol. The third kappa shape index (κ3) is 3.38. The van der Waals surface area contributed by atoms with Crippen molar-refractivity contribution < 1.29 is 8.42 Å². The van der Waals surface area contributed by atoms with Gasteiger partial charge in [0.25, 0.3) is 0 Å². The van der Waals surface area contributed by atoms with Crippen LogP contribution in [0.2, 0.25) is 0 Å². The molecule has 1 saturated carbocycles. The monoisotopic (exact) mass is 319 g/mol. The number of hydrogen-bond donors (Lipinski definition) is 0. The van der Waals surface area contributed by atoms with Crippen LogP contribution in [-0.4, -0.2) is 29.7 Å². The molecule has 0 atom stereocenters. The summed E-state index contributed by atoms with van der Waals surface area (Å²) in [6.45, 7) is 0. The molecule has 1 aromatic heterocycles. The molecule has 0 bridgehead atoms. The van der Waals surface area contributed by atoms with Gasteiger partial charge >= 0.3 is 0 Å². The summed E-state index contributed by atoms with van der Waals surface area (Å²) in [4.78, 5) is 0.324. The largest absolute Gasteiger partial charge is 0.224 e. The molecule has 1 heterocycles. The summed E-state index contributed by atoms with van der Waals surface area (Å²) in [5.74, 6) is 0.681. The molecule has 1 aliphatic rings. The molecule has 0 spiro atoms. The first-order chi connectivity index (χ1) is 10.5. The highest BCUT2D eigenvalue weighted by molar-refractivity contribution is 7.90. The SMILES string of the molecule is CS(=O)(=O)c1ccc(CC2CCCCC2)c(-n2ccnn2)c1. The normalized spacial score (nSPS) is 16.8. The molecule has 1 aromatic carbocycles. The predicted octanol–water partition coefficient (Wildman–Crippen LogP) is 2.79. The van der Waals surface area contributed by atoms with Gasteiger partial charge in [0.1, 0.15) is 0 Å². The minimum absolute atomic E-state index is 0.324. The van der Waals surface area contributed by atoms with Crippen LogP contribution in [-0.2, 0) is 16.3 Å². The summed E-state index contributed by atoms with van der Waals surface area (Å²) in [6, 6.07) is 5.35. The van der Waals surface area contributed by atoms with Gasteiger partial charge in [0.05, 0.1) is 23.0 Å². The quantitative estimate of drug-likeness (QED) is 0.869. The number of rotatable bonds is 4. The van der Waals surface area contributed by atoms with E-state index in [1.54, 1.807) is 29.2 Å². The van der Waals surface area contributed by atoms with Crippen molar-refractivity contribution in [2.45, 2.75) is 43.4 Å². The Morgan fingerprint density at radius 1 is 1.23 bits per heavy atom. The van der Waals surface area contributed by atoms with Gasteiger partial charge in [0.15, 0.2) is 9.84 Å². The van der Waals surface area contributed by atoms with E-state index >= 15 is 0 Å². The van der Waals surface area contributed by atoms with Gasteiger partial charge in [-0.15, -0.1) is 5.10 Å². The molecule has 1 aliphatic carbocycles. The van der Waals surface area contributed by atoms with Crippen LogP contribution in [0.25, 0.3) is 5.69 Å². The first kappa shape index (κ1) is 15.2. The van der Waals surface area contributed by atoms with Gasteiger partial charge in [-0.05, 0) is 30.0 Å². The summed E-state index contributed by atoms with van der Waals surface area (Å²) in [5.41, 5.74) is 1.97. The Morgan fingerprint density at radius 3 is 2.64 bits per heavy atom. The number of nitrogens with zero attached hydrogens (tertiary/aromatic N) is 3. The van der Waals surface area contributed by atoms with Gasteiger partial charge in [-0.25, -0.2) is 13.1 Å². The first-order valence-electron chi connectivity index (χ1n) is 7.74. The molecule has 6 heteroatoms. The van der Waals surface area contributed by atoms with Crippen molar-refractivity contribution in [2.75, 3.05) is 6.26 Å². The molecular formula is C16H21N3O2S. The average Bonchev–Trinajstić information content (AvgIpc) is 3.01. The maximum absolute atomic E-state index is 11.8. The Labute approximate surface area is 131 Å². The lowest BCUT2D eigenvalue weighted by atomic mass is 9.84. The van der Waals surface area contributed by atoms with E-state index in [1.165, 1.54) is 38.4 Å². The first-order valence-corrected chi connectivity index (χ1v) is 9.63. The van der Waals surface area contributed by atoms with E-state index in [2.05, 4.69) is 10.3 Å². The van der Waals surface area contributed by atoms with Crippen LogP contribution in [0.4, 0.5) is 0 Å². The van der Waals surface area contributed by atoms with E-state index in [1.807, 2.05) is 6.07 Å².